The maximum absolute atomic E-state index is 13.0. The number of aryl methyl sites for hydroxylation is 1. The van der Waals surface area contributed by atoms with Crippen molar-refractivity contribution in [3.05, 3.63) is 64.5 Å². The number of aromatic hydroxyl groups is 1. The Balaban J connectivity index is 1.43. The van der Waals surface area contributed by atoms with Gasteiger partial charge in [-0.05, 0) is 37.3 Å². The van der Waals surface area contributed by atoms with Crippen molar-refractivity contribution >= 4 is 28.9 Å². The zero-order valence-corrected chi connectivity index (χ0v) is 17.6. The van der Waals surface area contributed by atoms with Gasteiger partial charge >= 0.3 is 6.09 Å². The summed E-state index contributed by atoms with van der Waals surface area (Å²) in [5.41, 5.74) is 3.91. The molecule has 2 aliphatic heterocycles. The topological polar surface area (TPSA) is 106 Å². The van der Waals surface area contributed by atoms with Crippen molar-refractivity contribution < 1.29 is 24.5 Å². The number of Topliss-reactive ketones (excluding diaryl/α,β-unsaturated/α-hetero) is 1. The lowest BCUT2D eigenvalue weighted by Crippen LogP contribution is -2.47. The number of carbonyl (C=O) groups excluding carboxylic acids is 1. The number of ether oxygens (including phenoxy) is 1. The molecule has 0 atom stereocenters. The van der Waals surface area contributed by atoms with E-state index in [1.807, 2.05) is 30.2 Å². The number of piperazine rings is 1. The number of H-pyrrole nitrogens is 1. The summed E-state index contributed by atoms with van der Waals surface area (Å²) in [6, 6.07) is 9.17. The number of carboxylic acid groups (broad SMARTS) is 1. The largest absolute Gasteiger partial charge is 0.507 e. The third kappa shape index (κ3) is 3.48. The van der Waals surface area contributed by atoms with Crippen LogP contribution in [0.1, 0.15) is 27.0 Å². The fourth-order valence-corrected chi connectivity index (χ4v) is 4.29. The number of aromatic amines is 1. The maximum Gasteiger partial charge on any atom is 0.407 e. The van der Waals surface area contributed by atoms with Gasteiger partial charge in [-0.25, -0.2) is 4.79 Å². The van der Waals surface area contributed by atoms with Crippen molar-refractivity contribution in [2.75, 3.05) is 26.2 Å². The molecular weight excluding hydrogens is 410 g/mol. The zero-order chi connectivity index (χ0) is 22.4. The lowest BCUT2D eigenvalue weighted by atomic mass is 10.0. The third-order valence-electron chi connectivity index (χ3n) is 6.10. The quantitative estimate of drug-likeness (QED) is 0.545. The van der Waals surface area contributed by atoms with E-state index in [1.165, 1.54) is 11.0 Å². The smallest absolute Gasteiger partial charge is 0.407 e. The minimum Gasteiger partial charge on any atom is -0.507 e. The van der Waals surface area contributed by atoms with E-state index in [-0.39, 0.29) is 17.3 Å². The average Bonchev–Trinajstić information content (AvgIpc) is 3.31. The summed E-state index contributed by atoms with van der Waals surface area (Å²) in [5.74, 6) is 0.419. The summed E-state index contributed by atoms with van der Waals surface area (Å²) in [4.78, 5) is 30.8. The predicted octanol–water partition coefficient (Wildman–Crippen LogP) is 3.59. The van der Waals surface area contributed by atoms with Gasteiger partial charge in [-0.15, -0.1) is 0 Å². The molecule has 164 valence electrons. The molecule has 0 unspecified atom stereocenters. The highest BCUT2D eigenvalue weighted by Gasteiger charge is 2.32. The first-order valence-electron chi connectivity index (χ1n) is 10.5. The molecule has 32 heavy (non-hydrogen) atoms. The van der Waals surface area contributed by atoms with Crippen LogP contribution in [0.15, 0.2) is 42.3 Å². The zero-order valence-electron chi connectivity index (χ0n) is 17.6. The average molecular weight is 433 g/mol. The second kappa shape index (κ2) is 7.72. The van der Waals surface area contributed by atoms with E-state index < -0.39 is 6.09 Å². The minimum atomic E-state index is -0.927. The molecular formula is C24H23N3O5. The first-order chi connectivity index (χ1) is 15.4. The highest BCUT2D eigenvalue weighted by Crippen LogP contribution is 2.40. The number of nitrogens with zero attached hydrogens (tertiary/aromatic N) is 2. The van der Waals surface area contributed by atoms with E-state index in [9.17, 15) is 14.7 Å². The predicted molar refractivity (Wildman–Crippen MR) is 119 cm³/mol. The number of aromatic nitrogens is 1. The Morgan fingerprint density at radius 2 is 1.97 bits per heavy atom. The van der Waals surface area contributed by atoms with E-state index in [4.69, 9.17) is 9.84 Å². The maximum atomic E-state index is 13.0. The SMILES string of the molecule is Cc1ccc2[nH]cc(/C=C3\Oc4c(ccc(O)c4CN4CCN(C(=O)O)CC4)C3=O)c2c1. The molecule has 0 saturated carbocycles. The van der Waals surface area contributed by atoms with Crippen LogP contribution in [0.4, 0.5) is 4.79 Å². The van der Waals surface area contributed by atoms with Crippen molar-refractivity contribution in [2.24, 2.45) is 0 Å². The molecule has 1 aromatic heterocycles. The van der Waals surface area contributed by atoms with Gasteiger partial charge in [-0.1, -0.05) is 11.6 Å². The van der Waals surface area contributed by atoms with Crippen LogP contribution in [0, 0.1) is 6.92 Å². The van der Waals surface area contributed by atoms with Gasteiger partial charge in [0.2, 0.25) is 5.78 Å². The van der Waals surface area contributed by atoms with E-state index in [1.54, 1.807) is 12.1 Å². The fraction of sp³-hybridized carbons (Fsp3) is 0.250. The number of rotatable bonds is 3. The molecule has 3 heterocycles. The third-order valence-corrected chi connectivity index (χ3v) is 6.10. The van der Waals surface area contributed by atoms with E-state index in [0.717, 1.165) is 22.0 Å². The Bertz CT molecular complexity index is 1270. The van der Waals surface area contributed by atoms with Gasteiger partial charge in [0.05, 0.1) is 11.1 Å². The number of amides is 1. The molecule has 0 aliphatic carbocycles. The lowest BCUT2D eigenvalue weighted by molar-refractivity contribution is 0.101. The molecule has 3 N–H and O–H groups in total. The molecule has 1 amide bonds. The first-order valence-corrected chi connectivity index (χ1v) is 10.5. The number of nitrogens with one attached hydrogen (secondary N) is 1. The van der Waals surface area contributed by atoms with E-state index >= 15 is 0 Å². The van der Waals surface area contributed by atoms with Crippen LogP contribution in [-0.2, 0) is 6.54 Å². The minimum absolute atomic E-state index is 0.0567. The van der Waals surface area contributed by atoms with Crippen LogP contribution < -0.4 is 4.74 Å². The second-order valence-electron chi connectivity index (χ2n) is 8.22. The molecule has 2 aromatic carbocycles. The molecule has 0 bridgehead atoms. The number of hydrogen-bond acceptors (Lipinski definition) is 5. The van der Waals surface area contributed by atoms with Crippen molar-refractivity contribution in [2.45, 2.75) is 13.5 Å². The summed E-state index contributed by atoms with van der Waals surface area (Å²) in [6.07, 6.45) is 2.65. The molecule has 1 fully saturated rings. The molecule has 1 saturated heterocycles. The summed E-state index contributed by atoms with van der Waals surface area (Å²) in [6.45, 7) is 4.27. The van der Waals surface area contributed by atoms with Crippen LogP contribution in [-0.4, -0.2) is 63.1 Å². The number of phenols is 1. The number of phenolic OH excluding ortho intramolecular Hbond substituents is 1. The van der Waals surface area contributed by atoms with Gasteiger partial charge in [0.25, 0.3) is 0 Å². The van der Waals surface area contributed by atoms with Gasteiger partial charge < -0.3 is 24.8 Å². The lowest BCUT2D eigenvalue weighted by Gasteiger charge is -2.33. The van der Waals surface area contributed by atoms with Crippen LogP contribution in [0.3, 0.4) is 0 Å². The Labute approximate surface area is 184 Å². The van der Waals surface area contributed by atoms with Gasteiger partial charge in [-0.2, -0.15) is 0 Å². The normalized spacial score (nSPS) is 17.7. The molecule has 0 radical (unpaired) electrons. The van der Waals surface area contributed by atoms with Crippen LogP contribution >= 0.6 is 0 Å². The van der Waals surface area contributed by atoms with Crippen LogP contribution in [0.2, 0.25) is 0 Å². The number of benzene rings is 2. The Kier molecular flexibility index (Phi) is 4.86. The first kappa shape index (κ1) is 20.1. The van der Waals surface area contributed by atoms with Gasteiger partial charge in [0.1, 0.15) is 11.5 Å². The fourth-order valence-electron chi connectivity index (χ4n) is 4.29. The highest BCUT2D eigenvalue weighted by molar-refractivity contribution is 6.15. The van der Waals surface area contributed by atoms with Crippen LogP contribution in [0.25, 0.3) is 17.0 Å². The van der Waals surface area contributed by atoms with Crippen molar-refractivity contribution in [1.29, 1.82) is 0 Å². The van der Waals surface area contributed by atoms with Crippen molar-refractivity contribution in [3.63, 3.8) is 0 Å². The molecule has 8 nitrogen and oxygen atoms in total. The van der Waals surface area contributed by atoms with E-state index in [2.05, 4.69) is 11.1 Å². The van der Waals surface area contributed by atoms with Crippen molar-refractivity contribution in [3.8, 4) is 11.5 Å². The summed E-state index contributed by atoms with van der Waals surface area (Å²) < 4.78 is 5.99. The summed E-state index contributed by atoms with van der Waals surface area (Å²) >= 11 is 0. The number of fused-ring (bicyclic) bond motifs is 2. The number of carbonyl (C=O) groups is 2. The summed E-state index contributed by atoms with van der Waals surface area (Å²) in [7, 11) is 0. The molecule has 8 heteroatoms. The Hall–Kier alpha value is -3.78. The number of allylic oxidation sites excluding steroid dienone is 1. The molecule has 0 spiro atoms. The van der Waals surface area contributed by atoms with Gasteiger partial charge in [-0.3, -0.25) is 9.69 Å². The molecule has 2 aliphatic rings. The summed E-state index contributed by atoms with van der Waals surface area (Å²) in [5, 5.41) is 20.6. The Morgan fingerprint density at radius 3 is 2.72 bits per heavy atom. The highest BCUT2D eigenvalue weighted by atomic mass is 16.5. The molecule has 3 aromatic rings. The molecule has 5 rings (SSSR count). The van der Waals surface area contributed by atoms with E-state index in [0.29, 0.717) is 49.6 Å². The number of hydrogen-bond donors (Lipinski definition) is 3. The van der Waals surface area contributed by atoms with Crippen LogP contribution in [0.5, 0.6) is 11.5 Å². The standard InChI is InChI=1S/C24H23N3O5/c1-14-2-4-19-17(10-14)15(12-25-19)11-21-22(29)16-3-5-20(28)18(23(16)32-21)13-26-6-8-27(9-7-26)24(30)31/h2-5,10-12,25,28H,6-9,13H2,1H3,(H,30,31)/b21-11-. The van der Waals surface area contributed by atoms with Gasteiger partial charge in [0.15, 0.2) is 5.76 Å². The van der Waals surface area contributed by atoms with Crippen molar-refractivity contribution in [1.82, 2.24) is 14.8 Å². The number of ketones is 1. The Morgan fingerprint density at radius 1 is 1.19 bits per heavy atom. The second-order valence-corrected chi connectivity index (χ2v) is 8.22. The van der Waals surface area contributed by atoms with Gasteiger partial charge in [0, 0.05) is 55.4 Å². The monoisotopic (exact) mass is 433 g/mol.